The number of benzene rings is 4. The van der Waals surface area contributed by atoms with Gasteiger partial charge in [0.25, 0.3) is 6.47 Å². The minimum atomic E-state index is -0.544. The van der Waals surface area contributed by atoms with Gasteiger partial charge in [-0.3, -0.25) is 4.79 Å². The molecule has 0 aliphatic rings. The Balaban J connectivity index is 0.000000623. The van der Waals surface area contributed by atoms with Crippen LogP contribution in [0, 0.1) is 6.92 Å². The predicted octanol–water partition coefficient (Wildman–Crippen LogP) is 6.25. The van der Waals surface area contributed by atoms with Crippen LogP contribution in [0.5, 0.6) is 11.5 Å². The highest BCUT2D eigenvalue weighted by molar-refractivity contribution is 6.05. The smallest absolute Gasteiger partial charge is 0.341 e. The maximum Gasteiger partial charge on any atom is 0.341 e. The van der Waals surface area contributed by atoms with Gasteiger partial charge in [-0.05, 0) is 83.6 Å². The average molecular weight is 473 g/mol. The van der Waals surface area contributed by atoms with E-state index in [0.29, 0.717) is 13.1 Å². The summed E-state index contributed by atoms with van der Waals surface area (Å²) in [4.78, 5) is 21.4. The summed E-state index contributed by atoms with van der Waals surface area (Å²) >= 11 is 0. The molecule has 4 aromatic carbocycles. The molecule has 0 unspecified atom stereocenters. The number of esters is 1. The topological polar surface area (TPSA) is 93.1 Å². The highest BCUT2D eigenvalue weighted by Gasteiger charge is 2.15. The third-order valence-corrected chi connectivity index (χ3v) is 5.47. The van der Waals surface area contributed by atoms with E-state index in [1.54, 1.807) is 32.0 Å². The van der Waals surface area contributed by atoms with Gasteiger partial charge in [0.05, 0.1) is 13.2 Å². The van der Waals surface area contributed by atoms with Gasteiger partial charge >= 0.3 is 5.97 Å². The van der Waals surface area contributed by atoms with Gasteiger partial charge in [-0.2, -0.15) is 0 Å². The third kappa shape index (κ3) is 5.79. The summed E-state index contributed by atoms with van der Waals surface area (Å²) in [5.41, 5.74) is 4.82. The Bertz CT molecular complexity index is 1340. The normalized spacial score (nSPS) is 10.3. The van der Waals surface area contributed by atoms with Gasteiger partial charge in [0.1, 0.15) is 17.1 Å². The summed E-state index contributed by atoms with van der Waals surface area (Å²) in [7, 11) is 0. The Hall–Kier alpha value is -4.32. The Morgan fingerprint density at radius 1 is 0.800 bits per heavy atom. The highest BCUT2D eigenvalue weighted by Crippen LogP contribution is 2.37. The summed E-state index contributed by atoms with van der Waals surface area (Å²) in [6, 6.07) is 22.7. The standard InChI is InChI=1S/C26H22O4.C3H6O2/c1-3-30-26(29)23-15-18(11-13-25(23)28)20-7-5-8-21-19(6-4-9-22(20)21)17-10-12-24(27)16(2)14-17;1-2-5-3-4/h4-15,27-28H,3H2,1-2H3;3H,2H2,1H3. The molecule has 180 valence electrons. The lowest BCUT2D eigenvalue weighted by molar-refractivity contribution is -0.128. The van der Waals surface area contributed by atoms with Crippen molar-refractivity contribution in [1.29, 1.82) is 0 Å². The van der Waals surface area contributed by atoms with Crippen LogP contribution in [0.4, 0.5) is 0 Å². The van der Waals surface area contributed by atoms with Crippen molar-refractivity contribution in [1.82, 2.24) is 0 Å². The van der Waals surface area contributed by atoms with Crippen molar-refractivity contribution in [3.05, 3.63) is 83.9 Å². The Labute approximate surface area is 204 Å². The van der Waals surface area contributed by atoms with Crippen LogP contribution in [0.15, 0.2) is 72.8 Å². The number of fused-ring (bicyclic) bond motifs is 1. The molecule has 0 saturated carbocycles. The molecule has 0 heterocycles. The van der Waals surface area contributed by atoms with Gasteiger partial charge in [-0.15, -0.1) is 0 Å². The molecular formula is C29H28O6. The molecule has 6 nitrogen and oxygen atoms in total. The van der Waals surface area contributed by atoms with Crippen LogP contribution in [-0.4, -0.2) is 35.9 Å². The molecule has 0 aromatic heterocycles. The molecule has 0 saturated heterocycles. The largest absolute Gasteiger partial charge is 0.508 e. The fraction of sp³-hybridized carbons (Fsp3) is 0.172. The number of phenols is 2. The summed E-state index contributed by atoms with van der Waals surface area (Å²) in [5, 5.41) is 22.1. The number of aryl methyl sites for hydroxylation is 1. The predicted molar refractivity (Wildman–Crippen MR) is 137 cm³/mol. The van der Waals surface area contributed by atoms with Gasteiger partial charge in [-0.25, -0.2) is 4.79 Å². The van der Waals surface area contributed by atoms with Crippen molar-refractivity contribution in [2.45, 2.75) is 20.8 Å². The molecule has 2 N–H and O–H groups in total. The number of ether oxygens (including phenoxy) is 2. The van der Waals surface area contributed by atoms with Crippen molar-refractivity contribution in [2.24, 2.45) is 0 Å². The van der Waals surface area contributed by atoms with Gasteiger partial charge in [0.2, 0.25) is 0 Å². The number of carbonyl (C=O) groups excluding carboxylic acids is 2. The second-order valence-corrected chi connectivity index (χ2v) is 7.71. The maximum atomic E-state index is 12.2. The van der Waals surface area contributed by atoms with E-state index < -0.39 is 5.97 Å². The number of carbonyl (C=O) groups is 2. The first-order chi connectivity index (χ1) is 16.9. The van der Waals surface area contributed by atoms with Crippen molar-refractivity contribution in [2.75, 3.05) is 13.2 Å². The van der Waals surface area contributed by atoms with Gasteiger partial charge in [-0.1, -0.05) is 48.5 Å². The van der Waals surface area contributed by atoms with Gasteiger partial charge in [0, 0.05) is 0 Å². The monoisotopic (exact) mass is 472 g/mol. The summed E-state index contributed by atoms with van der Waals surface area (Å²) < 4.78 is 9.22. The minimum absolute atomic E-state index is 0.0994. The molecule has 0 aliphatic carbocycles. The highest BCUT2D eigenvalue weighted by atomic mass is 16.5. The molecular weight excluding hydrogens is 444 g/mol. The average Bonchev–Trinajstić information content (AvgIpc) is 2.86. The molecule has 0 atom stereocenters. The Morgan fingerprint density at radius 3 is 1.86 bits per heavy atom. The molecule has 0 radical (unpaired) electrons. The zero-order valence-corrected chi connectivity index (χ0v) is 19.9. The van der Waals surface area contributed by atoms with Crippen LogP contribution >= 0.6 is 0 Å². The van der Waals surface area contributed by atoms with Crippen molar-refractivity contribution >= 4 is 23.2 Å². The molecule has 4 rings (SSSR count). The van der Waals surface area contributed by atoms with Gasteiger partial charge in [0.15, 0.2) is 0 Å². The first-order valence-corrected chi connectivity index (χ1v) is 11.3. The second-order valence-electron chi connectivity index (χ2n) is 7.71. The third-order valence-electron chi connectivity index (χ3n) is 5.47. The number of rotatable bonds is 6. The van der Waals surface area contributed by atoms with E-state index in [4.69, 9.17) is 4.74 Å². The molecule has 4 aromatic rings. The number of hydrogen-bond donors (Lipinski definition) is 2. The van der Waals surface area contributed by atoms with Crippen LogP contribution in [0.3, 0.4) is 0 Å². The zero-order valence-electron chi connectivity index (χ0n) is 19.9. The lowest BCUT2D eigenvalue weighted by Gasteiger charge is -2.13. The SMILES string of the molecule is CCOC(=O)c1cc(-c2cccc3c(-c4ccc(O)c(C)c4)cccc23)ccc1O.CCOC=O. The molecule has 6 heteroatoms. The van der Waals surface area contributed by atoms with Crippen LogP contribution < -0.4 is 0 Å². The van der Waals surface area contributed by atoms with Crippen molar-refractivity contribution in [3.8, 4) is 33.8 Å². The lowest BCUT2D eigenvalue weighted by Crippen LogP contribution is -2.05. The number of aromatic hydroxyl groups is 2. The van der Waals surface area contributed by atoms with Crippen LogP contribution in [0.1, 0.15) is 29.8 Å². The van der Waals surface area contributed by atoms with E-state index in [-0.39, 0.29) is 23.7 Å². The second kappa shape index (κ2) is 11.7. The molecule has 0 fully saturated rings. The fourth-order valence-electron chi connectivity index (χ4n) is 3.78. The molecule has 0 spiro atoms. The molecule has 0 aliphatic heterocycles. The van der Waals surface area contributed by atoms with E-state index in [2.05, 4.69) is 16.9 Å². The summed E-state index contributed by atoms with van der Waals surface area (Å²) in [5.74, 6) is -0.370. The summed E-state index contributed by atoms with van der Waals surface area (Å²) in [6.45, 7) is 6.52. The number of hydrogen-bond acceptors (Lipinski definition) is 6. The molecule has 0 bridgehead atoms. The van der Waals surface area contributed by atoms with E-state index in [1.807, 2.05) is 43.3 Å². The van der Waals surface area contributed by atoms with E-state index >= 15 is 0 Å². The Morgan fingerprint density at radius 2 is 1.37 bits per heavy atom. The van der Waals surface area contributed by atoms with Crippen LogP contribution in [0.25, 0.3) is 33.0 Å². The van der Waals surface area contributed by atoms with E-state index in [1.165, 1.54) is 6.07 Å². The first-order valence-electron chi connectivity index (χ1n) is 11.3. The van der Waals surface area contributed by atoms with Crippen LogP contribution in [0.2, 0.25) is 0 Å². The van der Waals surface area contributed by atoms with E-state index in [9.17, 15) is 19.8 Å². The fourth-order valence-corrected chi connectivity index (χ4v) is 3.78. The number of phenolic OH excluding ortho intramolecular Hbond substituents is 2. The molecule has 35 heavy (non-hydrogen) atoms. The zero-order chi connectivity index (χ0) is 25.4. The Kier molecular flexibility index (Phi) is 8.46. The van der Waals surface area contributed by atoms with Crippen molar-refractivity contribution < 1.29 is 29.3 Å². The maximum absolute atomic E-state index is 12.2. The minimum Gasteiger partial charge on any atom is -0.508 e. The van der Waals surface area contributed by atoms with Crippen LogP contribution in [-0.2, 0) is 14.3 Å². The first kappa shape index (κ1) is 25.3. The van der Waals surface area contributed by atoms with E-state index in [0.717, 1.165) is 38.6 Å². The molecule has 0 amide bonds. The summed E-state index contributed by atoms with van der Waals surface area (Å²) in [6.07, 6.45) is 0. The lowest BCUT2D eigenvalue weighted by atomic mass is 9.92. The van der Waals surface area contributed by atoms with Gasteiger partial charge < -0.3 is 19.7 Å². The quantitative estimate of drug-likeness (QED) is 0.255. The van der Waals surface area contributed by atoms with Crippen molar-refractivity contribution in [3.63, 3.8) is 0 Å².